The van der Waals surface area contributed by atoms with E-state index in [1.807, 2.05) is 31.2 Å². The normalized spacial score (nSPS) is 10.8. The molecule has 7 nitrogen and oxygen atoms in total. The number of methoxy groups -OCH3 is 2. The van der Waals surface area contributed by atoms with Crippen LogP contribution in [0.25, 0.3) is 16.6 Å². The van der Waals surface area contributed by atoms with Gasteiger partial charge in [-0.1, -0.05) is 12.1 Å². The molecule has 1 aromatic heterocycles. The Morgan fingerprint density at radius 1 is 0.938 bits per heavy atom. The quantitative estimate of drug-likeness (QED) is 0.512. The lowest BCUT2D eigenvalue weighted by Gasteiger charge is -2.14. The predicted octanol–water partition coefficient (Wildman–Crippen LogP) is 4.27. The molecule has 0 aliphatic heterocycles. The molecule has 7 heteroatoms. The van der Waals surface area contributed by atoms with Crippen LogP contribution in [0.15, 0.2) is 65.5 Å². The van der Waals surface area contributed by atoms with Crippen molar-refractivity contribution in [3.8, 4) is 17.2 Å². The molecule has 0 radical (unpaired) electrons. The molecular weight excluding hydrogens is 406 g/mol. The van der Waals surface area contributed by atoms with Gasteiger partial charge in [0, 0.05) is 17.3 Å². The number of hydrogen-bond acceptors (Lipinski definition) is 5. The Hall–Kier alpha value is -4.13. The van der Waals surface area contributed by atoms with E-state index in [1.54, 1.807) is 47.9 Å². The molecule has 4 aromatic rings. The number of fused-ring (bicyclic) bond motifs is 1. The first-order valence-electron chi connectivity index (χ1n) is 10.0. The van der Waals surface area contributed by atoms with Gasteiger partial charge < -0.3 is 14.8 Å². The Labute approximate surface area is 185 Å². The van der Waals surface area contributed by atoms with Gasteiger partial charge in [0.2, 0.25) is 0 Å². The SMILES string of the molecule is COc1cc(OC)cc(C(=O)Nc2ccc(-n3c(C)nc4ccccc4c3=O)cc2C)c1. The highest BCUT2D eigenvalue weighted by atomic mass is 16.5. The Morgan fingerprint density at radius 3 is 2.28 bits per heavy atom. The lowest BCUT2D eigenvalue weighted by molar-refractivity contribution is 0.102. The molecule has 0 aliphatic carbocycles. The van der Waals surface area contributed by atoms with E-state index in [0.717, 1.165) is 5.56 Å². The largest absolute Gasteiger partial charge is 0.497 e. The number of hydrogen-bond donors (Lipinski definition) is 1. The standard InChI is InChI=1S/C25H23N3O4/c1-15-11-18(28-16(2)26-23-8-6-5-7-21(23)25(28)30)9-10-22(15)27-24(29)17-12-19(31-3)14-20(13-17)32-4/h5-14H,1-4H3,(H,27,29). The molecule has 162 valence electrons. The van der Waals surface area contributed by atoms with E-state index < -0.39 is 0 Å². The van der Waals surface area contributed by atoms with E-state index in [9.17, 15) is 9.59 Å². The third-order valence-electron chi connectivity index (χ3n) is 5.27. The lowest BCUT2D eigenvalue weighted by atomic mass is 10.1. The first-order valence-corrected chi connectivity index (χ1v) is 10.0. The Bertz CT molecular complexity index is 1370. The number of nitrogens with one attached hydrogen (secondary N) is 1. The van der Waals surface area contributed by atoms with Gasteiger partial charge in [-0.05, 0) is 61.9 Å². The third kappa shape index (κ3) is 3.92. The van der Waals surface area contributed by atoms with E-state index >= 15 is 0 Å². The van der Waals surface area contributed by atoms with Crippen molar-refractivity contribution in [1.82, 2.24) is 9.55 Å². The van der Waals surface area contributed by atoms with Gasteiger partial charge >= 0.3 is 0 Å². The van der Waals surface area contributed by atoms with Crippen LogP contribution in [0.5, 0.6) is 11.5 Å². The molecule has 0 spiro atoms. The van der Waals surface area contributed by atoms with E-state index in [-0.39, 0.29) is 11.5 Å². The summed E-state index contributed by atoms with van der Waals surface area (Å²) in [4.78, 5) is 30.4. The lowest BCUT2D eigenvalue weighted by Crippen LogP contribution is -2.22. The van der Waals surface area contributed by atoms with Crippen LogP contribution in [0, 0.1) is 13.8 Å². The molecule has 3 aromatic carbocycles. The number of aromatic nitrogens is 2. The number of para-hydroxylation sites is 1. The Kier molecular flexibility index (Phi) is 5.64. The average Bonchev–Trinajstić information content (AvgIpc) is 2.80. The first kappa shape index (κ1) is 21.1. The molecule has 1 amide bonds. The summed E-state index contributed by atoms with van der Waals surface area (Å²) in [6.07, 6.45) is 0. The minimum absolute atomic E-state index is 0.132. The van der Waals surface area contributed by atoms with Crippen molar-refractivity contribution < 1.29 is 14.3 Å². The molecule has 1 N–H and O–H groups in total. The zero-order valence-corrected chi connectivity index (χ0v) is 18.3. The number of anilines is 1. The maximum Gasteiger partial charge on any atom is 0.265 e. The van der Waals surface area contributed by atoms with Crippen LogP contribution in [0.1, 0.15) is 21.7 Å². The molecular formula is C25H23N3O4. The van der Waals surface area contributed by atoms with Crippen molar-refractivity contribution in [1.29, 1.82) is 0 Å². The van der Waals surface area contributed by atoms with Crippen LogP contribution in [-0.4, -0.2) is 29.7 Å². The van der Waals surface area contributed by atoms with Crippen molar-refractivity contribution >= 4 is 22.5 Å². The van der Waals surface area contributed by atoms with Crippen LogP contribution in [-0.2, 0) is 0 Å². The van der Waals surface area contributed by atoms with Crippen molar-refractivity contribution in [2.24, 2.45) is 0 Å². The fourth-order valence-corrected chi connectivity index (χ4v) is 3.61. The predicted molar refractivity (Wildman–Crippen MR) is 124 cm³/mol. The highest BCUT2D eigenvalue weighted by molar-refractivity contribution is 6.05. The number of amides is 1. The van der Waals surface area contributed by atoms with Crippen molar-refractivity contribution in [3.63, 3.8) is 0 Å². The first-order chi connectivity index (χ1) is 15.4. The number of carbonyl (C=O) groups is 1. The number of rotatable bonds is 5. The van der Waals surface area contributed by atoms with E-state index in [4.69, 9.17) is 9.47 Å². The highest BCUT2D eigenvalue weighted by Crippen LogP contribution is 2.25. The molecule has 32 heavy (non-hydrogen) atoms. The van der Waals surface area contributed by atoms with Gasteiger partial charge in [0.05, 0.1) is 30.8 Å². The number of aryl methyl sites for hydroxylation is 2. The van der Waals surface area contributed by atoms with Crippen molar-refractivity contribution in [3.05, 3.63) is 88.0 Å². The second-order valence-corrected chi connectivity index (χ2v) is 7.37. The number of ether oxygens (including phenoxy) is 2. The zero-order chi connectivity index (χ0) is 22.8. The summed E-state index contributed by atoms with van der Waals surface area (Å²) in [6, 6.07) is 17.7. The van der Waals surface area contributed by atoms with Gasteiger partial charge in [-0.2, -0.15) is 0 Å². The third-order valence-corrected chi connectivity index (χ3v) is 5.27. The monoisotopic (exact) mass is 429 g/mol. The molecule has 0 bridgehead atoms. The van der Waals surface area contributed by atoms with Crippen LogP contribution in [0.3, 0.4) is 0 Å². The van der Waals surface area contributed by atoms with Crippen molar-refractivity contribution in [2.45, 2.75) is 13.8 Å². The van der Waals surface area contributed by atoms with Crippen LogP contribution in [0.4, 0.5) is 5.69 Å². The minimum atomic E-state index is -0.293. The molecule has 4 rings (SSSR count). The number of carbonyl (C=O) groups excluding carboxylic acids is 1. The van der Waals surface area contributed by atoms with Gasteiger partial charge in [-0.15, -0.1) is 0 Å². The summed E-state index contributed by atoms with van der Waals surface area (Å²) < 4.78 is 12.1. The summed E-state index contributed by atoms with van der Waals surface area (Å²) in [5.41, 5.74) is 3.08. The van der Waals surface area contributed by atoms with Gasteiger partial charge in [-0.3, -0.25) is 14.2 Å². The van der Waals surface area contributed by atoms with Crippen LogP contribution < -0.4 is 20.3 Å². The maximum atomic E-state index is 13.1. The summed E-state index contributed by atoms with van der Waals surface area (Å²) in [5.74, 6) is 1.35. The second-order valence-electron chi connectivity index (χ2n) is 7.37. The summed E-state index contributed by atoms with van der Waals surface area (Å²) in [6.45, 7) is 3.68. The zero-order valence-electron chi connectivity index (χ0n) is 18.3. The topological polar surface area (TPSA) is 82.4 Å². The minimum Gasteiger partial charge on any atom is -0.497 e. The van der Waals surface area contributed by atoms with Gasteiger partial charge in [0.1, 0.15) is 17.3 Å². The second kappa shape index (κ2) is 8.55. The fourth-order valence-electron chi connectivity index (χ4n) is 3.61. The smallest absolute Gasteiger partial charge is 0.265 e. The van der Waals surface area contributed by atoms with Gasteiger partial charge in [-0.25, -0.2) is 4.98 Å². The molecule has 0 fully saturated rings. The summed E-state index contributed by atoms with van der Waals surface area (Å²) in [5, 5.41) is 3.47. The van der Waals surface area contributed by atoms with E-state index in [2.05, 4.69) is 10.3 Å². The number of benzene rings is 3. The molecule has 0 atom stereocenters. The van der Waals surface area contributed by atoms with Gasteiger partial charge in [0.25, 0.3) is 11.5 Å². The molecule has 0 aliphatic rings. The van der Waals surface area contributed by atoms with Crippen molar-refractivity contribution in [2.75, 3.05) is 19.5 Å². The van der Waals surface area contributed by atoms with E-state index in [1.165, 1.54) is 14.2 Å². The number of nitrogens with zero attached hydrogens (tertiary/aromatic N) is 2. The summed E-state index contributed by atoms with van der Waals surface area (Å²) in [7, 11) is 3.07. The van der Waals surface area contributed by atoms with Crippen LogP contribution in [0.2, 0.25) is 0 Å². The molecule has 0 saturated heterocycles. The van der Waals surface area contributed by atoms with Gasteiger partial charge in [0.15, 0.2) is 0 Å². The fraction of sp³-hybridized carbons (Fsp3) is 0.160. The van der Waals surface area contributed by atoms with E-state index in [0.29, 0.717) is 45.2 Å². The highest BCUT2D eigenvalue weighted by Gasteiger charge is 2.14. The Morgan fingerprint density at radius 2 is 1.62 bits per heavy atom. The molecule has 1 heterocycles. The maximum absolute atomic E-state index is 13.1. The average molecular weight is 429 g/mol. The Balaban J connectivity index is 1.67. The van der Waals surface area contributed by atoms with Crippen LogP contribution >= 0.6 is 0 Å². The molecule has 0 saturated carbocycles. The summed E-state index contributed by atoms with van der Waals surface area (Å²) >= 11 is 0. The molecule has 0 unspecified atom stereocenters.